The van der Waals surface area contributed by atoms with Crippen molar-refractivity contribution in [1.82, 2.24) is 10.3 Å². The van der Waals surface area contributed by atoms with Crippen LogP contribution in [-0.2, 0) is 11.0 Å². The van der Waals surface area contributed by atoms with E-state index in [9.17, 15) is 18.0 Å². The highest BCUT2D eigenvalue weighted by Crippen LogP contribution is 2.30. The summed E-state index contributed by atoms with van der Waals surface area (Å²) < 4.78 is 48.7. The van der Waals surface area contributed by atoms with Crippen molar-refractivity contribution in [3.63, 3.8) is 0 Å². The number of nitrogens with zero attached hydrogens (tertiary/aromatic N) is 1. The van der Waals surface area contributed by atoms with Gasteiger partial charge in [0.05, 0.1) is 5.56 Å². The van der Waals surface area contributed by atoms with Gasteiger partial charge in [-0.25, -0.2) is 4.98 Å². The molecule has 8 heteroatoms. The van der Waals surface area contributed by atoms with E-state index in [1.807, 2.05) is 18.2 Å². The van der Waals surface area contributed by atoms with Gasteiger partial charge in [-0.05, 0) is 43.9 Å². The first kappa shape index (κ1) is 20.0. The normalized spacial score (nSPS) is 19.7. The number of alkyl halides is 3. The van der Waals surface area contributed by atoms with Gasteiger partial charge in [-0.1, -0.05) is 18.2 Å². The molecule has 1 fully saturated rings. The molecule has 1 N–H and O–H groups in total. The molecular formula is C20H21F3N2O3. The van der Waals surface area contributed by atoms with Crippen LogP contribution < -0.4 is 14.8 Å². The minimum Gasteiger partial charge on any atom is -0.484 e. The van der Waals surface area contributed by atoms with Gasteiger partial charge in [0, 0.05) is 18.3 Å². The van der Waals surface area contributed by atoms with Gasteiger partial charge in [0.1, 0.15) is 11.9 Å². The topological polar surface area (TPSA) is 60.5 Å². The third kappa shape index (κ3) is 5.87. The van der Waals surface area contributed by atoms with Gasteiger partial charge in [-0.2, -0.15) is 13.2 Å². The molecule has 0 atom stereocenters. The van der Waals surface area contributed by atoms with Crippen molar-refractivity contribution >= 4 is 5.91 Å². The molecule has 0 aliphatic heterocycles. The number of hydrogen-bond acceptors (Lipinski definition) is 4. The molecule has 0 radical (unpaired) electrons. The highest BCUT2D eigenvalue weighted by atomic mass is 19.4. The van der Waals surface area contributed by atoms with Crippen LogP contribution in [-0.4, -0.2) is 29.6 Å². The number of hydrogen-bond donors (Lipinski definition) is 1. The molecule has 1 saturated carbocycles. The van der Waals surface area contributed by atoms with E-state index in [4.69, 9.17) is 9.47 Å². The number of aromatic nitrogens is 1. The number of ether oxygens (including phenoxy) is 2. The van der Waals surface area contributed by atoms with Gasteiger partial charge < -0.3 is 14.8 Å². The molecule has 5 nitrogen and oxygen atoms in total. The maximum Gasteiger partial charge on any atom is 0.417 e. The van der Waals surface area contributed by atoms with Gasteiger partial charge in [-0.3, -0.25) is 4.79 Å². The second kappa shape index (κ2) is 8.95. The molecule has 1 aromatic heterocycles. The minimum absolute atomic E-state index is 0.0345. The summed E-state index contributed by atoms with van der Waals surface area (Å²) in [5, 5.41) is 2.94. The van der Waals surface area contributed by atoms with Crippen molar-refractivity contribution in [2.24, 2.45) is 0 Å². The van der Waals surface area contributed by atoms with E-state index < -0.39 is 11.7 Å². The second-order valence-electron chi connectivity index (χ2n) is 6.64. The lowest BCUT2D eigenvalue weighted by molar-refractivity contribution is -0.137. The fourth-order valence-corrected chi connectivity index (χ4v) is 3.05. The first-order chi connectivity index (χ1) is 13.4. The molecule has 3 rings (SSSR count). The molecule has 150 valence electrons. The van der Waals surface area contributed by atoms with Crippen LogP contribution in [0.4, 0.5) is 13.2 Å². The molecule has 1 aromatic carbocycles. The van der Waals surface area contributed by atoms with Crippen molar-refractivity contribution in [2.45, 2.75) is 44.0 Å². The minimum atomic E-state index is -4.41. The Hall–Kier alpha value is -2.77. The lowest BCUT2D eigenvalue weighted by Gasteiger charge is -2.29. The highest BCUT2D eigenvalue weighted by molar-refractivity contribution is 5.77. The van der Waals surface area contributed by atoms with E-state index in [2.05, 4.69) is 10.3 Å². The van der Waals surface area contributed by atoms with Crippen molar-refractivity contribution < 1.29 is 27.4 Å². The van der Waals surface area contributed by atoms with Gasteiger partial charge >= 0.3 is 6.18 Å². The van der Waals surface area contributed by atoms with Gasteiger partial charge in [-0.15, -0.1) is 0 Å². The Morgan fingerprint density at radius 2 is 1.79 bits per heavy atom. The number of nitrogens with one attached hydrogen (secondary N) is 1. The molecule has 0 unspecified atom stereocenters. The lowest BCUT2D eigenvalue weighted by Crippen LogP contribution is -2.41. The van der Waals surface area contributed by atoms with E-state index in [0.29, 0.717) is 18.6 Å². The van der Waals surface area contributed by atoms with Crippen LogP contribution in [0.2, 0.25) is 0 Å². The van der Waals surface area contributed by atoms with Crippen LogP contribution in [0.3, 0.4) is 0 Å². The van der Waals surface area contributed by atoms with Crippen LogP contribution in [0.5, 0.6) is 11.6 Å². The van der Waals surface area contributed by atoms with Crippen LogP contribution in [0.1, 0.15) is 31.2 Å². The Morgan fingerprint density at radius 3 is 2.39 bits per heavy atom. The van der Waals surface area contributed by atoms with Crippen molar-refractivity contribution in [1.29, 1.82) is 0 Å². The molecule has 0 bridgehead atoms. The Kier molecular flexibility index (Phi) is 6.38. The fourth-order valence-electron chi connectivity index (χ4n) is 3.05. The summed E-state index contributed by atoms with van der Waals surface area (Å²) in [4.78, 5) is 15.7. The SMILES string of the molecule is O=C(COc1ccccc1)NC1CCC(Oc2ccc(C(F)(F)F)cn2)CC1. The number of pyridine rings is 1. The third-order valence-electron chi connectivity index (χ3n) is 4.50. The van der Waals surface area contributed by atoms with Gasteiger partial charge in [0.2, 0.25) is 5.88 Å². The third-order valence-corrected chi connectivity index (χ3v) is 4.50. The predicted octanol–water partition coefficient (Wildman–Crippen LogP) is 3.99. The number of amides is 1. The van der Waals surface area contributed by atoms with E-state index in [-0.39, 0.29) is 30.5 Å². The number of carbonyl (C=O) groups excluding carboxylic acids is 1. The number of rotatable bonds is 6. The highest BCUT2D eigenvalue weighted by Gasteiger charge is 2.31. The van der Waals surface area contributed by atoms with Crippen LogP contribution in [0, 0.1) is 0 Å². The second-order valence-corrected chi connectivity index (χ2v) is 6.64. The Morgan fingerprint density at radius 1 is 1.07 bits per heavy atom. The zero-order valence-electron chi connectivity index (χ0n) is 15.1. The predicted molar refractivity (Wildman–Crippen MR) is 96.0 cm³/mol. The summed E-state index contributed by atoms with van der Waals surface area (Å²) in [6.07, 6.45) is -0.941. The lowest BCUT2D eigenvalue weighted by atomic mass is 9.93. The molecule has 1 aliphatic rings. The fraction of sp³-hybridized carbons (Fsp3) is 0.400. The smallest absolute Gasteiger partial charge is 0.417 e. The van der Waals surface area contributed by atoms with E-state index in [1.54, 1.807) is 12.1 Å². The monoisotopic (exact) mass is 394 g/mol. The number of halogens is 3. The number of para-hydroxylation sites is 1. The maximum atomic E-state index is 12.6. The van der Waals surface area contributed by atoms with Gasteiger partial charge in [0.15, 0.2) is 6.61 Å². The number of carbonyl (C=O) groups is 1. The first-order valence-corrected chi connectivity index (χ1v) is 9.07. The summed E-state index contributed by atoms with van der Waals surface area (Å²) in [5.41, 5.74) is -0.802. The Labute approximate surface area is 160 Å². The molecule has 1 heterocycles. The van der Waals surface area contributed by atoms with E-state index >= 15 is 0 Å². The zero-order chi connectivity index (χ0) is 20.0. The molecule has 2 aromatic rings. The van der Waals surface area contributed by atoms with Crippen molar-refractivity contribution in [2.75, 3.05) is 6.61 Å². The average molecular weight is 394 g/mol. The van der Waals surface area contributed by atoms with E-state index in [1.165, 1.54) is 6.07 Å². The van der Waals surface area contributed by atoms with E-state index in [0.717, 1.165) is 25.1 Å². The summed E-state index contributed by atoms with van der Waals surface area (Å²) >= 11 is 0. The zero-order valence-corrected chi connectivity index (χ0v) is 15.1. The molecule has 1 aliphatic carbocycles. The van der Waals surface area contributed by atoms with Crippen molar-refractivity contribution in [3.8, 4) is 11.6 Å². The van der Waals surface area contributed by atoms with Crippen LogP contribution >= 0.6 is 0 Å². The summed E-state index contributed by atoms with van der Waals surface area (Å²) in [7, 11) is 0. The first-order valence-electron chi connectivity index (χ1n) is 9.07. The molecule has 0 saturated heterocycles. The quantitative estimate of drug-likeness (QED) is 0.805. The molecule has 1 amide bonds. The van der Waals surface area contributed by atoms with Crippen LogP contribution in [0.15, 0.2) is 48.7 Å². The number of benzene rings is 1. The molecule has 0 spiro atoms. The van der Waals surface area contributed by atoms with Gasteiger partial charge in [0.25, 0.3) is 5.91 Å². The maximum absolute atomic E-state index is 12.6. The van der Waals surface area contributed by atoms with Crippen LogP contribution in [0.25, 0.3) is 0 Å². The summed E-state index contributed by atoms with van der Waals surface area (Å²) in [6, 6.07) is 11.3. The molecular weight excluding hydrogens is 373 g/mol. The summed E-state index contributed by atoms with van der Waals surface area (Å²) in [6.45, 7) is -0.0457. The Balaban J connectivity index is 1.39. The largest absolute Gasteiger partial charge is 0.484 e. The summed E-state index contributed by atoms with van der Waals surface area (Å²) in [5.74, 6) is 0.633. The Bertz CT molecular complexity index is 759. The standard InChI is InChI=1S/C20H21F3N2O3/c21-20(22,23)14-6-11-19(24-12-14)28-17-9-7-15(8-10-17)25-18(26)13-27-16-4-2-1-3-5-16/h1-6,11-12,15,17H,7-10,13H2,(H,25,26). The average Bonchev–Trinajstić information content (AvgIpc) is 2.68. The van der Waals surface area contributed by atoms with Crippen molar-refractivity contribution in [3.05, 3.63) is 54.2 Å². The molecule has 28 heavy (non-hydrogen) atoms.